The van der Waals surface area contributed by atoms with Crippen LogP contribution in [-0.2, 0) is 38.5 Å². The lowest BCUT2D eigenvalue weighted by molar-refractivity contribution is 0.443. The molecule has 0 nitrogen and oxygen atoms in total. The van der Waals surface area contributed by atoms with Gasteiger partial charge >= 0.3 is 0 Å². The van der Waals surface area contributed by atoms with Crippen molar-refractivity contribution in [3.8, 4) is 58.5 Å². The van der Waals surface area contributed by atoms with E-state index < -0.39 is 0 Å². The molecule has 0 bridgehead atoms. The summed E-state index contributed by atoms with van der Waals surface area (Å²) >= 11 is 23.6. The minimum absolute atomic E-state index is 0. The highest BCUT2D eigenvalue weighted by Crippen LogP contribution is 2.49. The highest BCUT2D eigenvalue weighted by molar-refractivity contribution is 7.25. The molecule has 0 aliphatic heterocycles. The normalized spacial score (nSPS) is 11.8. The molecule has 752 valence electrons. The summed E-state index contributed by atoms with van der Waals surface area (Å²) in [5, 5.41) is 0. The van der Waals surface area contributed by atoms with Gasteiger partial charge in [-0.1, -0.05) is 285 Å². The van der Waals surface area contributed by atoms with Gasteiger partial charge in [-0.2, -0.15) is 0 Å². The molecule has 0 unspecified atom stereocenters. The SMILES string of the molecule is C.C.C.C.C.C.C.C.C.C.C.C.CCCCCCc1cc(-c2ccc(C)s2)sc1C.CCCCCCc1cc(-c2sc(C)cc2CCCCCC)sc1C.CCCCCCc1cc(C)sc1-c1ccc(C)s1.CCCCCCc1cc(C)sc1-c1sc(C)cc1CCCCCC.Cc1cc(C2CCCCC2)c(-c2cc(C3CCCCC3)c(C)s2)s1.Cc1ccc(-c2ccc(C)s2)s1. The summed E-state index contributed by atoms with van der Waals surface area (Å²) in [6, 6.07) is 37.4. The van der Waals surface area contributed by atoms with Crippen LogP contribution in [0.5, 0.6) is 0 Å². The number of thiophene rings is 12. The van der Waals surface area contributed by atoms with E-state index >= 15 is 0 Å². The molecule has 0 atom stereocenters. The molecule has 12 aromatic heterocycles. The van der Waals surface area contributed by atoms with Crippen LogP contribution in [0.1, 0.15) is 464 Å². The maximum atomic E-state index is 2.58. The maximum absolute atomic E-state index is 2.58. The summed E-state index contributed by atoms with van der Waals surface area (Å²) in [5.41, 5.74) is 12.9. The van der Waals surface area contributed by atoms with Gasteiger partial charge in [-0.3, -0.25) is 0 Å². The average Bonchev–Trinajstić information content (AvgIpc) is 1.62. The Hall–Kier alpha value is -3.60. The Morgan fingerprint density at radius 1 is 0.189 bits per heavy atom. The average molecular weight is 2030 g/mol. The lowest BCUT2D eigenvalue weighted by atomic mass is 9.83. The molecule has 12 aromatic rings. The number of aryl methyl sites for hydroxylation is 18. The van der Waals surface area contributed by atoms with Crippen LogP contribution in [0.3, 0.4) is 0 Å². The lowest BCUT2D eigenvalue weighted by Gasteiger charge is -2.22. The van der Waals surface area contributed by atoms with E-state index in [0.29, 0.717) is 0 Å². The molecular formula is C120H200S12. The Balaban J connectivity index is -0.000000739. The first-order valence-corrected chi connectivity index (χ1v) is 57.0. The zero-order valence-electron chi connectivity index (χ0n) is 77.6. The van der Waals surface area contributed by atoms with Crippen molar-refractivity contribution >= 4 is 136 Å². The van der Waals surface area contributed by atoms with E-state index in [-0.39, 0.29) is 89.1 Å². The molecule has 2 aliphatic rings. The van der Waals surface area contributed by atoms with Crippen LogP contribution in [0, 0.1) is 83.1 Å². The molecule has 2 fully saturated rings. The van der Waals surface area contributed by atoms with Gasteiger partial charge < -0.3 is 0 Å². The molecule has 2 saturated carbocycles. The fourth-order valence-corrected chi connectivity index (χ4v) is 30.0. The van der Waals surface area contributed by atoms with Crippen molar-refractivity contribution in [1.82, 2.24) is 0 Å². The minimum atomic E-state index is 0. The summed E-state index contributed by atoms with van der Waals surface area (Å²) in [6.07, 6.45) is 54.2. The van der Waals surface area contributed by atoms with Crippen molar-refractivity contribution in [1.29, 1.82) is 0 Å². The summed E-state index contributed by atoms with van der Waals surface area (Å²) < 4.78 is 0. The third kappa shape index (κ3) is 44.1. The highest BCUT2D eigenvalue weighted by Gasteiger charge is 2.26. The second-order valence-corrected chi connectivity index (χ2v) is 49.9. The smallest absolute Gasteiger partial charge is 0.0480 e. The van der Waals surface area contributed by atoms with E-state index in [0.717, 1.165) is 11.8 Å². The van der Waals surface area contributed by atoms with Crippen LogP contribution in [0.25, 0.3) is 58.5 Å². The quantitative estimate of drug-likeness (QED) is 0.0338. The Kier molecular flexibility index (Phi) is 75.0. The lowest BCUT2D eigenvalue weighted by Crippen LogP contribution is -2.04. The van der Waals surface area contributed by atoms with Crippen LogP contribution in [0.2, 0.25) is 0 Å². The number of hydrogen-bond acceptors (Lipinski definition) is 12. The first kappa shape index (κ1) is 135. The van der Waals surface area contributed by atoms with Crippen molar-refractivity contribution in [2.75, 3.05) is 0 Å². The second kappa shape index (κ2) is 73.5. The molecule has 0 radical (unpaired) electrons. The Bertz CT molecular complexity index is 4700. The molecule has 0 saturated heterocycles. The van der Waals surface area contributed by atoms with E-state index in [1.54, 1.807) is 73.8 Å². The van der Waals surface area contributed by atoms with E-state index in [1.165, 1.54) is 345 Å². The van der Waals surface area contributed by atoms with Gasteiger partial charge in [0, 0.05) is 117 Å². The third-order valence-electron chi connectivity index (χ3n) is 23.8. The fraction of sp³-hybridized carbons (Fsp3) is 0.600. The van der Waals surface area contributed by atoms with Gasteiger partial charge in [0.15, 0.2) is 0 Å². The number of unbranched alkanes of at least 4 members (excludes halogenated alkanes) is 18. The van der Waals surface area contributed by atoms with E-state index in [9.17, 15) is 0 Å². The zero-order chi connectivity index (χ0) is 85.7. The highest BCUT2D eigenvalue weighted by atomic mass is 32.1. The first-order valence-electron chi connectivity index (χ1n) is 47.2. The van der Waals surface area contributed by atoms with Crippen LogP contribution < -0.4 is 0 Å². The molecule has 0 amide bonds. The molecule has 12 heteroatoms. The van der Waals surface area contributed by atoms with Crippen molar-refractivity contribution in [3.63, 3.8) is 0 Å². The van der Waals surface area contributed by atoms with E-state index in [4.69, 9.17) is 0 Å². The summed E-state index contributed by atoms with van der Waals surface area (Å²) in [4.78, 5) is 35.6. The van der Waals surface area contributed by atoms with Crippen molar-refractivity contribution < 1.29 is 0 Å². The molecule has 12 heterocycles. The van der Waals surface area contributed by atoms with Crippen LogP contribution in [0.4, 0.5) is 0 Å². The van der Waals surface area contributed by atoms with Gasteiger partial charge in [0.25, 0.3) is 0 Å². The number of hydrogen-bond donors (Lipinski definition) is 0. The van der Waals surface area contributed by atoms with Gasteiger partial charge in [0.05, 0.1) is 0 Å². The van der Waals surface area contributed by atoms with Crippen LogP contribution in [-0.4, -0.2) is 0 Å². The first-order chi connectivity index (χ1) is 58.2. The minimum Gasteiger partial charge on any atom is -0.140 e. The predicted molar refractivity (Wildman–Crippen MR) is 642 cm³/mol. The molecule has 0 N–H and O–H groups in total. The summed E-state index contributed by atoms with van der Waals surface area (Å²) in [5.74, 6) is 1.65. The topological polar surface area (TPSA) is 0 Å². The summed E-state index contributed by atoms with van der Waals surface area (Å²) in [6.45, 7) is 40.6. The molecule has 0 aromatic carbocycles. The maximum Gasteiger partial charge on any atom is 0.0480 e. The molecule has 132 heavy (non-hydrogen) atoms. The van der Waals surface area contributed by atoms with Gasteiger partial charge in [-0.25, -0.2) is 0 Å². The van der Waals surface area contributed by atoms with Gasteiger partial charge in [0.2, 0.25) is 0 Å². The van der Waals surface area contributed by atoms with Crippen molar-refractivity contribution in [3.05, 3.63) is 200 Å². The molecule has 2 aliphatic carbocycles. The standard InChI is InChI=1S/C22H30S2.2C22H34S2.2C16H22S2.C10H10S2.12CH4/c1-15-13-20(18-11-7-4-8-12-18)22(23-15)21-14-19(16(2)24-21)17-9-5-3-6-10-17;1-5-7-9-11-13-19-16-21(24-18(19)4)22-20(15-17(3)23-22)14-12-10-8-6-2;1-5-7-9-11-13-19-15-17(3)23-21(19)22-20(16-18(4)24-22)14-12-10-8-6-2;1-4-5-6-7-8-14-11-16(18-13(14)3)15-10-9-12(2)17-15;1-4-5-6-7-8-14-11-13(3)18-16(14)15-10-9-12(2)17-15;1-7-3-5-9(11-7)10-6-4-8(2)12-10;;;;;;;;;;;;/h13-14,17-18H,3-12H2,1-2H3;2*15-16H,5-14H2,1-4H3;2*9-11H,4-8H2,1-3H3;3-6H,1-2H3;12*1H4. The Morgan fingerprint density at radius 2 is 0.439 bits per heavy atom. The predicted octanol–water partition coefficient (Wildman–Crippen LogP) is 49.0. The number of rotatable bonds is 38. The largest absolute Gasteiger partial charge is 0.140 e. The van der Waals surface area contributed by atoms with E-state index in [2.05, 4.69) is 233 Å². The van der Waals surface area contributed by atoms with Crippen molar-refractivity contribution in [2.24, 2.45) is 0 Å². The molecule has 14 rings (SSSR count). The fourth-order valence-electron chi connectivity index (χ4n) is 17.2. The third-order valence-corrected chi connectivity index (χ3v) is 37.6. The van der Waals surface area contributed by atoms with Crippen LogP contribution in [0.15, 0.2) is 97.1 Å². The van der Waals surface area contributed by atoms with E-state index in [1.807, 2.05) is 125 Å². The molecule has 0 spiro atoms. The second-order valence-electron chi connectivity index (χ2n) is 34.7. The zero-order valence-corrected chi connectivity index (χ0v) is 87.4. The van der Waals surface area contributed by atoms with Crippen LogP contribution >= 0.6 is 136 Å². The van der Waals surface area contributed by atoms with Crippen molar-refractivity contribution in [2.45, 2.75) is 482 Å². The van der Waals surface area contributed by atoms with Gasteiger partial charge in [-0.15, -0.1) is 136 Å². The Labute approximate surface area is 868 Å². The molecular weight excluding hydrogens is 1830 g/mol. The van der Waals surface area contributed by atoms with Gasteiger partial charge in [0.1, 0.15) is 0 Å². The summed E-state index contributed by atoms with van der Waals surface area (Å²) in [7, 11) is 0. The Morgan fingerprint density at radius 3 is 0.765 bits per heavy atom. The van der Waals surface area contributed by atoms with Gasteiger partial charge in [-0.05, 0) is 339 Å². The monoisotopic (exact) mass is 2030 g/mol.